The fourth-order valence-electron chi connectivity index (χ4n) is 3.93. The summed E-state index contributed by atoms with van der Waals surface area (Å²) in [6, 6.07) is 2.89. The van der Waals surface area contributed by atoms with E-state index in [1.807, 2.05) is 12.1 Å². The number of urea groups is 1. The first-order valence-electron chi connectivity index (χ1n) is 9.28. The van der Waals surface area contributed by atoms with E-state index < -0.39 is 6.04 Å². The highest BCUT2D eigenvalue weighted by Gasteiger charge is 2.40. The van der Waals surface area contributed by atoms with Crippen molar-refractivity contribution in [1.29, 1.82) is 0 Å². The maximum Gasteiger partial charge on any atom is 0.325 e. The van der Waals surface area contributed by atoms with Crippen molar-refractivity contribution in [2.45, 2.75) is 31.8 Å². The van der Waals surface area contributed by atoms with Gasteiger partial charge >= 0.3 is 6.03 Å². The molecule has 28 heavy (non-hydrogen) atoms. The predicted molar refractivity (Wildman–Crippen MR) is 103 cm³/mol. The maximum absolute atomic E-state index is 12.3. The van der Waals surface area contributed by atoms with Crippen LogP contribution in [0.4, 0.5) is 10.6 Å². The van der Waals surface area contributed by atoms with Gasteiger partial charge in [0.25, 0.3) is 5.91 Å². The van der Waals surface area contributed by atoms with Crippen molar-refractivity contribution < 1.29 is 19.1 Å². The number of carbonyl (C=O) groups excluding carboxylic acids is 2. The summed E-state index contributed by atoms with van der Waals surface area (Å²) < 4.78 is 10.8. The smallest absolute Gasteiger partial charge is 0.325 e. The van der Waals surface area contributed by atoms with Crippen LogP contribution in [0.3, 0.4) is 0 Å². The number of piperidine rings is 1. The van der Waals surface area contributed by atoms with Gasteiger partial charge in [0.1, 0.15) is 18.2 Å². The summed E-state index contributed by atoms with van der Waals surface area (Å²) in [7, 11) is 3.19. The molecule has 1 unspecified atom stereocenters. The van der Waals surface area contributed by atoms with E-state index in [4.69, 9.17) is 9.47 Å². The lowest BCUT2D eigenvalue weighted by Gasteiger charge is -2.36. The van der Waals surface area contributed by atoms with E-state index in [0.717, 1.165) is 16.7 Å². The van der Waals surface area contributed by atoms with Crippen molar-refractivity contribution in [3.8, 4) is 11.5 Å². The zero-order valence-corrected chi connectivity index (χ0v) is 16.1. The molecule has 4 rings (SSSR count). The number of hydrogen-bond acceptors (Lipinski definition) is 7. The third-order valence-corrected chi connectivity index (χ3v) is 5.42. The molecule has 9 heteroatoms. The molecule has 1 aromatic carbocycles. The third-order valence-electron chi connectivity index (χ3n) is 5.42. The Bertz CT molecular complexity index is 926. The van der Waals surface area contributed by atoms with Crippen LogP contribution in [0.15, 0.2) is 18.5 Å². The van der Waals surface area contributed by atoms with E-state index in [1.54, 1.807) is 21.1 Å². The first-order chi connectivity index (χ1) is 13.5. The number of benzene rings is 1. The van der Waals surface area contributed by atoms with Crippen LogP contribution in [-0.4, -0.2) is 66.2 Å². The van der Waals surface area contributed by atoms with E-state index in [1.165, 1.54) is 11.2 Å². The van der Waals surface area contributed by atoms with Gasteiger partial charge in [0, 0.05) is 30.6 Å². The molecule has 3 amide bonds. The molecule has 1 N–H and O–H groups in total. The molecule has 2 aromatic rings. The number of fused-ring (bicyclic) bond motifs is 1. The van der Waals surface area contributed by atoms with Gasteiger partial charge in [-0.2, -0.15) is 0 Å². The van der Waals surface area contributed by atoms with Gasteiger partial charge in [-0.1, -0.05) is 0 Å². The highest BCUT2D eigenvalue weighted by molar-refractivity contribution is 6.04. The molecule has 0 bridgehead atoms. The van der Waals surface area contributed by atoms with Crippen molar-refractivity contribution in [2.24, 2.45) is 0 Å². The molecule has 2 aliphatic rings. The third kappa shape index (κ3) is 2.96. The molecule has 0 spiro atoms. The predicted octanol–water partition coefficient (Wildman–Crippen LogP) is 1.56. The maximum atomic E-state index is 12.3. The summed E-state index contributed by atoms with van der Waals surface area (Å²) >= 11 is 0. The van der Waals surface area contributed by atoms with Crippen molar-refractivity contribution in [3.63, 3.8) is 0 Å². The number of aromatic nitrogens is 2. The van der Waals surface area contributed by atoms with Crippen LogP contribution in [-0.2, 0) is 4.79 Å². The number of carbonyl (C=O) groups is 2. The van der Waals surface area contributed by atoms with Crippen molar-refractivity contribution >= 4 is 28.7 Å². The van der Waals surface area contributed by atoms with Crippen LogP contribution < -0.4 is 19.7 Å². The fraction of sp³-hybridized carbons (Fsp3) is 0.474. The van der Waals surface area contributed by atoms with E-state index in [-0.39, 0.29) is 18.0 Å². The molecule has 2 saturated heterocycles. The Morgan fingerprint density at radius 1 is 1.07 bits per heavy atom. The van der Waals surface area contributed by atoms with Gasteiger partial charge in [-0.25, -0.2) is 14.8 Å². The average Bonchev–Trinajstić information content (AvgIpc) is 2.98. The Morgan fingerprint density at radius 2 is 1.75 bits per heavy atom. The highest BCUT2D eigenvalue weighted by Crippen LogP contribution is 2.35. The summed E-state index contributed by atoms with van der Waals surface area (Å²) in [4.78, 5) is 36.7. The number of ether oxygens (including phenoxy) is 2. The number of nitrogens with zero attached hydrogens (tertiary/aromatic N) is 4. The van der Waals surface area contributed by atoms with Crippen LogP contribution in [0.2, 0.25) is 0 Å². The molecule has 9 nitrogen and oxygen atoms in total. The monoisotopic (exact) mass is 385 g/mol. The van der Waals surface area contributed by atoms with Gasteiger partial charge in [-0.05, 0) is 25.8 Å². The average molecular weight is 385 g/mol. The lowest BCUT2D eigenvalue weighted by atomic mass is 10.0. The molecule has 148 valence electrons. The van der Waals surface area contributed by atoms with E-state index in [0.29, 0.717) is 37.4 Å². The molecule has 0 radical (unpaired) electrons. The van der Waals surface area contributed by atoms with Crippen LogP contribution in [0.25, 0.3) is 10.9 Å². The zero-order chi connectivity index (χ0) is 19.8. The molecular weight excluding hydrogens is 362 g/mol. The first kappa shape index (κ1) is 18.3. The number of anilines is 1. The molecule has 3 heterocycles. The minimum absolute atomic E-state index is 0.0866. The zero-order valence-electron chi connectivity index (χ0n) is 16.1. The quantitative estimate of drug-likeness (QED) is 0.798. The number of nitrogens with one attached hydrogen (secondary N) is 1. The van der Waals surface area contributed by atoms with E-state index in [2.05, 4.69) is 20.2 Å². The van der Waals surface area contributed by atoms with Crippen LogP contribution in [0, 0.1) is 0 Å². The number of amides is 3. The Kier molecular flexibility index (Phi) is 4.66. The second-order valence-electron chi connectivity index (χ2n) is 7.02. The summed E-state index contributed by atoms with van der Waals surface area (Å²) in [6.07, 6.45) is 2.93. The van der Waals surface area contributed by atoms with Crippen molar-refractivity contribution in [2.75, 3.05) is 32.2 Å². The molecular formula is C19H23N5O4. The summed E-state index contributed by atoms with van der Waals surface area (Å²) in [5.74, 6) is 1.91. The first-order valence-corrected chi connectivity index (χ1v) is 9.28. The number of methoxy groups -OCH3 is 2. The fourth-order valence-corrected chi connectivity index (χ4v) is 3.93. The van der Waals surface area contributed by atoms with Gasteiger partial charge in [-0.3, -0.25) is 9.69 Å². The Hall–Kier alpha value is -3.10. The van der Waals surface area contributed by atoms with Crippen LogP contribution >= 0.6 is 0 Å². The molecule has 1 aromatic heterocycles. The van der Waals surface area contributed by atoms with E-state index >= 15 is 0 Å². The normalized spacial score (nSPS) is 20.6. The summed E-state index contributed by atoms with van der Waals surface area (Å²) in [5, 5.41) is 3.56. The summed E-state index contributed by atoms with van der Waals surface area (Å²) in [5.41, 5.74) is 0.771. The van der Waals surface area contributed by atoms with Gasteiger partial charge < -0.3 is 19.7 Å². The Labute approximate surface area is 162 Å². The summed E-state index contributed by atoms with van der Waals surface area (Å²) in [6.45, 7) is 3.09. The number of rotatable bonds is 4. The molecule has 0 saturated carbocycles. The molecule has 0 aliphatic carbocycles. The van der Waals surface area contributed by atoms with Crippen LogP contribution in [0.1, 0.15) is 19.8 Å². The highest BCUT2D eigenvalue weighted by atomic mass is 16.5. The van der Waals surface area contributed by atoms with Gasteiger partial charge in [0.2, 0.25) is 0 Å². The lowest BCUT2D eigenvalue weighted by Crippen LogP contribution is -2.48. The van der Waals surface area contributed by atoms with Gasteiger partial charge in [0.15, 0.2) is 11.5 Å². The second-order valence-corrected chi connectivity index (χ2v) is 7.02. The second kappa shape index (κ2) is 7.14. The topological polar surface area (TPSA) is 96.9 Å². The van der Waals surface area contributed by atoms with Crippen LogP contribution in [0.5, 0.6) is 11.5 Å². The SMILES string of the molecule is COc1cc2ncnc(N3CCC(N4C(=O)NC(C)C4=O)CC3)c2cc1OC. The van der Waals surface area contributed by atoms with Crippen molar-refractivity contribution in [1.82, 2.24) is 20.2 Å². The van der Waals surface area contributed by atoms with Gasteiger partial charge in [0.05, 0.1) is 19.7 Å². The van der Waals surface area contributed by atoms with Crippen molar-refractivity contribution in [3.05, 3.63) is 18.5 Å². The molecule has 1 atom stereocenters. The van der Waals surface area contributed by atoms with E-state index in [9.17, 15) is 9.59 Å². The Balaban J connectivity index is 1.57. The largest absolute Gasteiger partial charge is 0.493 e. The Morgan fingerprint density at radius 3 is 2.36 bits per heavy atom. The lowest BCUT2D eigenvalue weighted by molar-refractivity contribution is -0.128. The van der Waals surface area contributed by atoms with Gasteiger partial charge in [-0.15, -0.1) is 0 Å². The minimum Gasteiger partial charge on any atom is -0.493 e. The standard InChI is InChI=1S/C19H23N5O4/c1-11-18(25)24(19(26)22-11)12-4-6-23(7-5-12)17-13-8-15(27-2)16(28-3)9-14(13)20-10-21-17/h8-12H,4-7H2,1-3H3,(H,22,26). The minimum atomic E-state index is -0.446. The number of imide groups is 1. The molecule has 2 aliphatic heterocycles. The molecule has 2 fully saturated rings. The number of hydrogen-bond donors (Lipinski definition) is 1.